The van der Waals surface area contributed by atoms with Crippen LogP contribution in [0.5, 0.6) is 0 Å². The molecule has 2 heterocycles. The number of rotatable bonds is 6. The first-order chi connectivity index (χ1) is 14.7. The second kappa shape index (κ2) is 9.69. The normalized spacial score (nSPS) is 15.4. The van der Waals surface area contributed by atoms with Crippen molar-refractivity contribution in [3.8, 4) is 0 Å². The average molecular weight is 425 g/mol. The topological polar surface area (TPSA) is 71.1 Å². The maximum absolute atomic E-state index is 13.2. The molecular weight excluding hydrogens is 403 g/mol. The number of halogens is 1. The van der Waals surface area contributed by atoms with Crippen LogP contribution in [0.1, 0.15) is 22.2 Å². The Balaban J connectivity index is 1.50. The summed E-state index contributed by atoms with van der Waals surface area (Å²) in [4.78, 5) is 19.5. The Labute approximate surface area is 178 Å². The highest BCUT2D eigenvalue weighted by Gasteiger charge is 2.29. The SMILES string of the molecule is O=C(C(Sc1n[nH]c(/C=C/c2ccc(F)cc2)n1)c1ccccc1)N1CCOCC1. The Morgan fingerprint density at radius 1 is 1.10 bits per heavy atom. The lowest BCUT2D eigenvalue weighted by atomic mass is 10.1. The van der Waals surface area contributed by atoms with Crippen molar-refractivity contribution >= 4 is 29.8 Å². The monoisotopic (exact) mass is 424 g/mol. The number of benzene rings is 2. The molecule has 1 aromatic heterocycles. The van der Waals surface area contributed by atoms with E-state index in [0.29, 0.717) is 37.3 Å². The third kappa shape index (κ3) is 5.14. The molecule has 1 N–H and O–H groups in total. The summed E-state index contributed by atoms with van der Waals surface area (Å²) < 4.78 is 18.4. The number of aromatic nitrogens is 3. The second-order valence-corrected chi connectivity index (χ2v) is 7.81. The predicted molar refractivity (Wildman–Crippen MR) is 114 cm³/mol. The molecular formula is C22H21FN4O2S. The fraction of sp³-hybridized carbons (Fsp3) is 0.227. The van der Waals surface area contributed by atoms with Gasteiger partial charge in [-0.3, -0.25) is 9.89 Å². The molecule has 1 aliphatic heterocycles. The number of H-pyrrole nitrogens is 1. The molecule has 1 unspecified atom stereocenters. The molecule has 1 atom stereocenters. The zero-order valence-corrected chi connectivity index (χ0v) is 17.0. The molecule has 0 saturated carbocycles. The van der Waals surface area contributed by atoms with Crippen LogP contribution in [0.2, 0.25) is 0 Å². The maximum Gasteiger partial charge on any atom is 0.240 e. The van der Waals surface area contributed by atoms with Crippen LogP contribution >= 0.6 is 11.8 Å². The van der Waals surface area contributed by atoms with Gasteiger partial charge in [-0.25, -0.2) is 9.37 Å². The highest BCUT2D eigenvalue weighted by atomic mass is 32.2. The van der Waals surface area contributed by atoms with Gasteiger partial charge in [-0.1, -0.05) is 60.3 Å². The van der Waals surface area contributed by atoms with Crippen molar-refractivity contribution in [2.75, 3.05) is 26.3 Å². The first-order valence-electron chi connectivity index (χ1n) is 9.63. The number of amides is 1. The van der Waals surface area contributed by atoms with E-state index in [1.54, 1.807) is 18.2 Å². The van der Waals surface area contributed by atoms with Gasteiger partial charge in [0, 0.05) is 13.1 Å². The smallest absolute Gasteiger partial charge is 0.240 e. The van der Waals surface area contributed by atoms with Crippen LogP contribution in [0, 0.1) is 5.82 Å². The zero-order valence-electron chi connectivity index (χ0n) is 16.2. The fourth-order valence-electron chi connectivity index (χ4n) is 3.08. The summed E-state index contributed by atoms with van der Waals surface area (Å²) in [6.07, 6.45) is 3.59. The van der Waals surface area contributed by atoms with Gasteiger partial charge in [0.25, 0.3) is 0 Å². The van der Waals surface area contributed by atoms with Crippen molar-refractivity contribution in [2.24, 2.45) is 0 Å². The molecule has 1 amide bonds. The van der Waals surface area contributed by atoms with Gasteiger partial charge in [0.1, 0.15) is 16.9 Å². The maximum atomic E-state index is 13.2. The van der Waals surface area contributed by atoms with Crippen molar-refractivity contribution in [3.05, 3.63) is 77.4 Å². The largest absolute Gasteiger partial charge is 0.378 e. The molecule has 3 aromatic rings. The van der Waals surface area contributed by atoms with Crippen molar-refractivity contribution in [2.45, 2.75) is 10.4 Å². The lowest BCUT2D eigenvalue weighted by molar-refractivity contribution is -0.134. The molecule has 1 saturated heterocycles. The predicted octanol–water partition coefficient (Wildman–Crippen LogP) is 3.81. The van der Waals surface area contributed by atoms with E-state index in [4.69, 9.17) is 4.74 Å². The molecule has 154 valence electrons. The number of carbonyl (C=O) groups excluding carboxylic acids is 1. The van der Waals surface area contributed by atoms with Crippen LogP contribution < -0.4 is 0 Å². The van der Waals surface area contributed by atoms with E-state index >= 15 is 0 Å². The molecule has 2 aromatic carbocycles. The molecule has 6 nitrogen and oxygen atoms in total. The number of nitrogens with zero attached hydrogens (tertiary/aromatic N) is 3. The van der Waals surface area contributed by atoms with Crippen LogP contribution in [-0.4, -0.2) is 52.3 Å². The van der Waals surface area contributed by atoms with E-state index < -0.39 is 5.25 Å². The Hall–Kier alpha value is -2.97. The standard InChI is InChI=1S/C22H21FN4O2S/c23-18-9-6-16(7-10-18)8-11-19-24-22(26-25-19)30-20(17-4-2-1-3-5-17)21(28)27-12-14-29-15-13-27/h1-11,20H,12-15H2,(H,24,25,26)/b11-8+. The van der Waals surface area contributed by atoms with Crippen LogP contribution in [0.15, 0.2) is 59.8 Å². The van der Waals surface area contributed by atoms with E-state index in [1.165, 1.54) is 23.9 Å². The molecule has 0 radical (unpaired) electrons. The number of morpholine rings is 1. The Morgan fingerprint density at radius 2 is 1.83 bits per heavy atom. The third-order valence-electron chi connectivity index (χ3n) is 4.66. The van der Waals surface area contributed by atoms with Gasteiger partial charge >= 0.3 is 0 Å². The number of thioether (sulfide) groups is 1. The van der Waals surface area contributed by atoms with Gasteiger partial charge in [0.15, 0.2) is 0 Å². The highest BCUT2D eigenvalue weighted by Crippen LogP contribution is 2.35. The number of hydrogen-bond acceptors (Lipinski definition) is 5. The first-order valence-corrected chi connectivity index (χ1v) is 10.5. The number of ether oxygens (including phenoxy) is 1. The first kappa shape index (κ1) is 20.3. The summed E-state index contributed by atoms with van der Waals surface area (Å²) in [6, 6.07) is 15.8. The summed E-state index contributed by atoms with van der Waals surface area (Å²) in [6.45, 7) is 2.28. The quantitative estimate of drug-likeness (QED) is 0.610. The molecule has 1 fully saturated rings. The van der Waals surface area contributed by atoms with Gasteiger partial charge in [-0.15, -0.1) is 5.10 Å². The second-order valence-electron chi connectivity index (χ2n) is 6.73. The minimum atomic E-state index is -0.436. The van der Waals surface area contributed by atoms with Gasteiger partial charge in [-0.05, 0) is 29.3 Å². The van der Waals surface area contributed by atoms with Gasteiger partial charge in [-0.2, -0.15) is 0 Å². The van der Waals surface area contributed by atoms with Crippen molar-refractivity contribution < 1.29 is 13.9 Å². The summed E-state index contributed by atoms with van der Waals surface area (Å²) in [5.74, 6) is 0.317. The van der Waals surface area contributed by atoms with E-state index in [0.717, 1.165) is 11.1 Å². The summed E-state index contributed by atoms with van der Waals surface area (Å²) in [7, 11) is 0. The minimum absolute atomic E-state index is 0.0303. The van der Waals surface area contributed by atoms with E-state index in [2.05, 4.69) is 15.2 Å². The highest BCUT2D eigenvalue weighted by molar-refractivity contribution is 8.00. The number of hydrogen-bond donors (Lipinski definition) is 1. The number of aromatic amines is 1. The van der Waals surface area contributed by atoms with Crippen molar-refractivity contribution in [1.29, 1.82) is 0 Å². The number of nitrogens with one attached hydrogen (secondary N) is 1. The Kier molecular flexibility index (Phi) is 6.56. The average Bonchev–Trinajstić information content (AvgIpc) is 3.25. The van der Waals surface area contributed by atoms with Crippen molar-refractivity contribution in [3.63, 3.8) is 0 Å². The summed E-state index contributed by atoms with van der Waals surface area (Å²) >= 11 is 1.32. The summed E-state index contributed by atoms with van der Waals surface area (Å²) in [5, 5.41) is 7.18. The van der Waals surface area contributed by atoms with Crippen molar-refractivity contribution in [1.82, 2.24) is 20.1 Å². The molecule has 0 spiro atoms. The summed E-state index contributed by atoms with van der Waals surface area (Å²) in [5.41, 5.74) is 1.76. The molecule has 0 aliphatic carbocycles. The van der Waals surface area contributed by atoms with Crippen LogP contribution in [-0.2, 0) is 9.53 Å². The fourth-order valence-corrected chi connectivity index (χ4v) is 4.08. The van der Waals surface area contributed by atoms with E-state index in [1.807, 2.05) is 41.3 Å². The van der Waals surface area contributed by atoms with Crippen LogP contribution in [0.25, 0.3) is 12.2 Å². The van der Waals surface area contributed by atoms with Gasteiger partial charge in [0.05, 0.1) is 13.2 Å². The minimum Gasteiger partial charge on any atom is -0.378 e. The molecule has 30 heavy (non-hydrogen) atoms. The van der Waals surface area contributed by atoms with E-state index in [-0.39, 0.29) is 11.7 Å². The molecule has 0 bridgehead atoms. The Bertz CT molecular complexity index is 1000. The van der Waals surface area contributed by atoms with Crippen LogP contribution in [0.4, 0.5) is 4.39 Å². The van der Waals surface area contributed by atoms with E-state index in [9.17, 15) is 9.18 Å². The third-order valence-corrected chi connectivity index (χ3v) is 5.76. The lowest BCUT2D eigenvalue weighted by Crippen LogP contribution is -2.42. The number of carbonyl (C=O) groups is 1. The lowest BCUT2D eigenvalue weighted by Gasteiger charge is -2.30. The zero-order chi connectivity index (χ0) is 20.8. The molecule has 8 heteroatoms. The Morgan fingerprint density at radius 3 is 2.57 bits per heavy atom. The van der Waals surface area contributed by atoms with Gasteiger partial charge in [0.2, 0.25) is 11.1 Å². The molecule has 1 aliphatic rings. The molecule has 4 rings (SSSR count). The van der Waals surface area contributed by atoms with Crippen LogP contribution in [0.3, 0.4) is 0 Å². The van der Waals surface area contributed by atoms with Gasteiger partial charge < -0.3 is 9.64 Å².